The number of anilines is 1. The molecule has 1 saturated heterocycles. The van der Waals surface area contributed by atoms with E-state index in [2.05, 4.69) is 4.98 Å². The quantitative estimate of drug-likeness (QED) is 0.220. The van der Waals surface area contributed by atoms with E-state index in [9.17, 15) is 0 Å². The Morgan fingerprint density at radius 2 is 1.76 bits per heavy atom. The van der Waals surface area contributed by atoms with Crippen molar-refractivity contribution < 1.29 is 13.7 Å². The standard InChI is InChI=1S/C29H20N6O3S3/c1-2-11-31-22(6-1)29(26-33-14-19-40-26)27(20-7-3-12-30-20,21-10-18-41-34-21)28(23-8-4-15-36-23,25-32-13-16-37-25)35(38-29)24-9-5-17-39-24/h1-19,30H. The van der Waals surface area contributed by atoms with Crippen LogP contribution in [-0.4, -0.2) is 24.3 Å². The molecule has 1 aliphatic heterocycles. The minimum Gasteiger partial charge on any atom is -0.466 e. The Kier molecular flexibility index (Phi) is 5.57. The lowest BCUT2D eigenvalue weighted by molar-refractivity contribution is -0.0130. The van der Waals surface area contributed by atoms with Gasteiger partial charge in [0.15, 0.2) is 0 Å². The first-order valence-corrected chi connectivity index (χ1v) is 15.3. The fourth-order valence-electron chi connectivity index (χ4n) is 6.17. The summed E-state index contributed by atoms with van der Waals surface area (Å²) in [5, 5.41) is 9.25. The Balaban J connectivity index is 1.67. The van der Waals surface area contributed by atoms with Crippen LogP contribution in [0.3, 0.4) is 0 Å². The predicted molar refractivity (Wildman–Crippen MR) is 155 cm³/mol. The van der Waals surface area contributed by atoms with Crippen molar-refractivity contribution in [3.8, 4) is 0 Å². The van der Waals surface area contributed by atoms with E-state index in [1.54, 1.807) is 31.1 Å². The third-order valence-corrected chi connectivity index (χ3v) is 9.78. The summed E-state index contributed by atoms with van der Waals surface area (Å²) >= 11 is 4.37. The highest BCUT2D eigenvalue weighted by Gasteiger charge is 2.83. The number of H-pyrrole nitrogens is 1. The fourth-order valence-corrected chi connectivity index (χ4v) is 8.29. The number of nitrogens with one attached hydrogen (secondary N) is 1. The Hall–Kier alpha value is -4.36. The topological polar surface area (TPSA) is 106 Å². The summed E-state index contributed by atoms with van der Waals surface area (Å²) in [5.41, 5.74) is -1.90. The van der Waals surface area contributed by atoms with Crippen LogP contribution in [0.5, 0.6) is 0 Å². The number of pyridine rings is 1. The lowest BCUT2D eigenvalue weighted by Gasteiger charge is -2.46. The van der Waals surface area contributed by atoms with Crippen LogP contribution in [0, 0.1) is 0 Å². The number of furan rings is 1. The number of aromatic amines is 1. The van der Waals surface area contributed by atoms with Crippen molar-refractivity contribution in [2.75, 3.05) is 5.06 Å². The van der Waals surface area contributed by atoms with E-state index in [0.29, 0.717) is 28.0 Å². The molecule has 0 spiro atoms. The van der Waals surface area contributed by atoms with Gasteiger partial charge in [0, 0.05) is 35.0 Å². The number of nitrogens with zero attached hydrogens (tertiary/aromatic N) is 5. The van der Waals surface area contributed by atoms with Gasteiger partial charge >= 0.3 is 0 Å². The normalized spacial score (nSPS) is 24.2. The second kappa shape index (κ2) is 9.35. The third-order valence-electron chi connectivity index (χ3n) is 7.51. The maximum absolute atomic E-state index is 7.46. The van der Waals surface area contributed by atoms with Gasteiger partial charge in [-0.15, -0.1) is 22.7 Å². The number of hydroxylamine groups is 1. The number of aromatic nitrogens is 5. The number of oxazole rings is 1. The molecule has 0 amide bonds. The smallest absolute Gasteiger partial charge is 0.232 e. The van der Waals surface area contributed by atoms with Gasteiger partial charge in [0.1, 0.15) is 27.4 Å². The molecule has 9 nitrogen and oxygen atoms in total. The molecule has 0 aliphatic carbocycles. The van der Waals surface area contributed by atoms with Crippen LogP contribution in [-0.2, 0) is 21.4 Å². The van der Waals surface area contributed by atoms with Crippen molar-refractivity contribution in [3.05, 3.63) is 148 Å². The minimum absolute atomic E-state index is 0.359. The molecule has 12 heteroatoms. The zero-order chi connectivity index (χ0) is 27.3. The summed E-state index contributed by atoms with van der Waals surface area (Å²) in [4.78, 5) is 25.7. The summed E-state index contributed by atoms with van der Waals surface area (Å²) in [6.45, 7) is 0. The van der Waals surface area contributed by atoms with Gasteiger partial charge in [-0.3, -0.25) is 4.98 Å². The first-order valence-electron chi connectivity index (χ1n) is 12.7. The average molecular weight is 597 g/mol. The van der Waals surface area contributed by atoms with E-state index in [1.807, 2.05) is 88.1 Å². The largest absolute Gasteiger partial charge is 0.466 e. The van der Waals surface area contributed by atoms with E-state index < -0.39 is 16.6 Å². The molecule has 0 radical (unpaired) electrons. The van der Waals surface area contributed by atoms with Crippen molar-refractivity contribution in [2.24, 2.45) is 0 Å². The molecule has 3 atom stereocenters. The summed E-state index contributed by atoms with van der Waals surface area (Å²) < 4.78 is 17.7. The van der Waals surface area contributed by atoms with E-state index in [1.165, 1.54) is 34.2 Å². The number of hydrogen-bond acceptors (Lipinski definition) is 11. The fraction of sp³-hybridized carbons (Fsp3) is 0.103. The zero-order valence-electron chi connectivity index (χ0n) is 21.2. The highest BCUT2D eigenvalue weighted by molar-refractivity contribution is 7.14. The predicted octanol–water partition coefficient (Wildman–Crippen LogP) is 6.59. The van der Waals surface area contributed by atoms with E-state index >= 15 is 0 Å². The molecule has 0 bridgehead atoms. The molecule has 8 rings (SSSR count). The van der Waals surface area contributed by atoms with Crippen molar-refractivity contribution in [2.45, 2.75) is 16.6 Å². The van der Waals surface area contributed by atoms with Gasteiger partial charge in [-0.1, -0.05) is 6.07 Å². The molecule has 1 N–H and O–H groups in total. The highest BCUT2D eigenvalue weighted by atomic mass is 32.1. The van der Waals surface area contributed by atoms with Crippen LogP contribution in [0.2, 0.25) is 0 Å². The Bertz CT molecular complexity index is 1750. The van der Waals surface area contributed by atoms with Gasteiger partial charge < -0.3 is 13.8 Å². The van der Waals surface area contributed by atoms with Gasteiger partial charge in [-0.05, 0) is 71.5 Å². The molecule has 41 heavy (non-hydrogen) atoms. The van der Waals surface area contributed by atoms with Crippen molar-refractivity contribution >= 4 is 39.2 Å². The Labute approximate surface area is 245 Å². The number of thiophene rings is 1. The highest BCUT2D eigenvalue weighted by Crippen LogP contribution is 2.70. The maximum atomic E-state index is 7.46. The monoisotopic (exact) mass is 596 g/mol. The van der Waals surface area contributed by atoms with Gasteiger partial charge in [0.25, 0.3) is 0 Å². The third kappa shape index (κ3) is 3.07. The molecule has 1 aliphatic rings. The van der Waals surface area contributed by atoms with Crippen molar-refractivity contribution in [3.63, 3.8) is 0 Å². The van der Waals surface area contributed by atoms with Gasteiger partial charge in [-0.2, -0.15) is 4.37 Å². The SMILES string of the molecule is c1ccc(C2(c3nccs3)ON(c3cccs3)C(c3ccco3)(c3ncco3)C2(c2ccsn2)c2ccc[nH]2)nc1. The van der Waals surface area contributed by atoms with Crippen molar-refractivity contribution in [1.82, 2.24) is 24.3 Å². The number of hydrogen-bond donors (Lipinski definition) is 1. The molecular formula is C29H20N6O3S3. The summed E-state index contributed by atoms with van der Waals surface area (Å²) in [6, 6.07) is 19.6. The Morgan fingerprint density at radius 3 is 2.41 bits per heavy atom. The summed E-state index contributed by atoms with van der Waals surface area (Å²) in [6.07, 6.45) is 10.3. The van der Waals surface area contributed by atoms with Crippen molar-refractivity contribution in [1.29, 1.82) is 0 Å². The average Bonchev–Trinajstić information content (AvgIpc) is 3.86. The summed E-state index contributed by atoms with van der Waals surface area (Å²) in [7, 11) is 0. The molecular weight excluding hydrogens is 577 g/mol. The second-order valence-electron chi connectivity index (χ2n) is 9.31. The first kappa shape index (κ1) is 24.4. The lowest BCUT2D eigenvalue weighted by Crippen LogP contribution is -2.61. The Morgan fingerprint density at radius 1 is 0.756 bits per heavy atom. The van der Waals surface area contributed by atoms with E-state index in [0.717, 1.165) is 10.7 Å². The first-order chi connectivity index (χ1) is 20.3. The number of thiazole rings is 1. The van der Waals surface area contributed by atoms with Crippen LogP contribution in [0.4, 0.5) is 5.00 Å². The molecule has 202 valence electrons. The van der Waals surface area contributed by atoms with Crippen LogP contribution in [0.25, 0.3) is 0 Å². The van der Waals surface area contributed by atoms with Crippen LogP contribution in [0.1, 0.15) is 33.7 Å². The van der Waals surface area contributed by atoms with Crippen LogP contribution in [0.15, 0.2) is 123 Å². The molecule has 7 aromatic rings. The second-order valence-corrected chi connectivity index (χ2v) is 11.8. The lowest BCUT2D eigenvalue weighted by atomic mass is 9.54. The number of rotatable bonds is 7. The maximum Gasteiger partial charge on any atom is 0.232 e. The zero-order valence-corrected chi connectivity index (χ0v) is 23.6. The molecule has 0 aromatic carbocycles. The molecule has 3 unspecified atom stereocenters. The van der Waals surface area contributed by atoms with E-state index in [-0.39, 0.29) is 0 Å². The molecule has 8 heterocycles. The molecule has 7 aromatic heterocycles. The van der Waals surface area contributed by atoms with Gasteiger partial charge in [0.2, 0.25) is 17.0 Å². The van der Waals surface area contributed by atoms with Gasteiger partial charge in [-0.25, -0.2) is 19.9 Å². The van der Waals surface area contributed by atoms with Gasteiger partial charge in [0.05, 0.1) is 23.8 Å². The van der Waals surface area contributed by atoms with E-state index in [4.69, 9.17) is 33.0 Å². The summed E-state index contributed by atoms with van der Waals surface area (Å²) in [5.74, 6) is 0.906. The molecule has 0 saturated carbocycles. The molecule has 1 fully saturated rings. The van der Waals surface area contributed by atoms with Crippen LogP contribution < -0.4 is 5.06 Å². The van der Waals surface area contributed by atoms with Crippen LogP contribution >= 0.6 is 34.2 Å². The minimum atomic E-state index is -1.38.